The Labute approximate surface area is 101 Å². The first-order valence-corrected chi connectivity index (χ1v) is 6.38. The van der Waals surface area contributed by atoms with Gasteiger partial charge in [0.2, 0.25) is 0 Å². The summed E-state index contributed by atoms with van der Waals surface area (Å²) in [5, 5.41) is 3.27. The lowest BCUT2D eigenvalue weighted by atomic mass is 10.1. The fourth-order valence-electron chi connectivity index (χ4n) is 1.63. The molecule has 0 saturated carbocycles. The summed E-state index contributed by atoms with van der Waals surface area (Å²) in [6.07, 6.45) is 4.53. The molecule has 0 radical (unpaired) electrons. The van der Waals surface area contributed by atoms with Crippen LogP contribution in [0, 0.1) is 0 Å². The first-order chi connectivity index (χ1) is 7.18. The maximum Gasteiger partial charge on any atom is 0.257 e. The molecule has 0 bridgehead atoms. The molecule has 16 heavy (non-hydrogen) atoms. The van der Waals surface area contributed by atoms with Gasteiger partial charge in [-0.1, -0.05) is 0 Å². The van der Waals surface area contributed by atoms with E-state index in [2.05, 4.69) is 20.0 Å². The number of aromatic nitrogens is 2. The number of sulfonamides is 1. The van der Waals surface area contributed by atoms with E-state index in [9.17, 15) is 8.42 Å². The zero-order valence-electron chi connectivity index (χ0n) is 8.64. The van der Waals surface area contributed by atoms with E-state index in [0.717, 1.165) is 19.4 Å². The summed E-state index contributed by atoms with van der Waals surface area (Å²) in [5.74, 6) is 0. The van der Waals surface area contributed by atoms with E-state index in [-0.39, 0.29) is 23.5 Å². The van der Waals surface area contributed by atoms with Crippen molar-refractivity contribution >= 4 is 22.4 Å². The fraction of sp³-hybridized carbons (Fsp3) is 0.625. The third-order valence-electron chi connectivity index (χ3n) is 2.38. The second-order valence-corrected chi connectivity index (χ2v) is 5.26. The number of piperidine rings is 1. The maximum atomic E-state index is 11.8. The van der Waals surface area contributed by atoms with Crippen LogP contribution in [0.1, 0.15) is 12.8 Å². The summed E-state index contributed by atoms with van der Waals surface area (Å²) in [5.41, 5.74) is 0. The van der Waals surface area contributed by atoms with Gasteiger partial charge in [0.25, 0.3) is 10.0 Å². The van der Waals surface area contributed by atoms with Gasteiger partial charge in [-0.25, -0.2) is 18.1 Å². The Morgan fingerprint density at radius 2 is 2.31 bits per heavy atom. The van der Waals surface area contributed by atoms with Gasteiger partial charge in [0.15, 0.2) is 5.03 Å². The van der Waals surface area contributed by atoms with E-state index in [1.807, 2.05) is 0 Å². The van der Waals surface area contributed by atoms with Crippen LogP contribution in [-0.4, -0.2) is 37.5 Å². The summed E-state index contributed by atoms with van der Waals surface area (Å²) in [4.78, 5) is 6.28. The SMILES string of the molecule is Cl.O=S(=O)(N[C@H]1CCCNC1)c1cnc[nH]1. The Bertz CT molecular complexity index is 400. The zero-order valence-corrected chi connectivity index (χ0v) is 10.3. The summed E-state index contributed by atoms with van der Waals surface area (Å²) in [7, 11) is -3.42. The van der Waals surface area contributed by atoms with Crippen molar-refractivity contribution in [1.29, 1.82) is 0 Å². The lowest BCUT2D eigenvalue weighted by molar-refractivity contribution is 0.428. The topological polar surface area (TPSA) is 86.9 Å². The van der Waals surface area contributed by atoms with E-state index >= 15 is 0 Å². The van der Waals surface area contributed by atoms with Crippen molar-refractivity contribution < 1.29 is 8.42 Å². The molecular weight excluding hydrogens is 252 g/mol. The highest BCUT2D eigenvalue weighted by Crippen LogP contribution is 2.07. The van der Waals surface area contributed by atoms with Crippen molar-refractivity contribution in [3.05, 3.63) is 12.5 Å². The minimum atomic E-state index is -3.42. The standard InChI is InChI=1S/C8H14N4O2S.ClH/c13-15(14,8-5-10-6-11-8)12-7-2-1-3-9-4-7;/h5-7,9,12H,1-4H2,(H,10,11);1H/t7-;/m0./s1. The van der Waals surface area contributed by atoms with Gasteiger partial charge in [-0.2, -0.15) is 0 Å². The minimum Gasteiger partial charge on any atom is -0.335 e. The number of nitrogens with one attached hydrogen (secondary N) is 3. The van der Waals surface area contributed by atoms with Gasteiger partial charge < -0.3 is 10.3 Å². The quantitative estimate of drug-likeness (QED) is 0.711. The minimum absolute atomic E-state index is 0. The van der Waals surface area contributed by atoms with Crippen molar-refractivity contribution in [2.45, 2.75) is 23.9 Å². The van der Waals surface area contributed by atoms with Crippen LogP contribution in [0.3, 0.4) is 0 Å². The molecule has 0 amide bonds. The maximum absolute atomic E-state index is 11.8. The predicted molar refractivity (Wildman–Crippen MR) is 62.0 cm³/mol. The number of H-pyrrole nitrogens is 1. The second kappa shape index (κ2) is 5.62. The number of imidazole rings is 1. The van der Waals surface area contributed by atoms with E-state index in [1.54, 1.807) is 0 Å². The average molecular weight is 267 g/mol. The van der Waals surface area contributed by atoms with Gasteiger partial charge in [-0.3, -0.25) is 0 Å². The zero-order chi connectivity index (χ0) is 10.7. The molecule has 1 saturated heterocycles. The van der Waals surface area contributed by atoms with E-state index in [4.69, 9.17) is 0 Å². The number of hydrogen-bond acceptors (Lipinski definition) is 4. The van der Waals surface area contributed by atoms with Crippen LogP contribution in [0.4, 0.5) is 0 Å². The van der Waals surface area contributed by atoms with Gasteiger partial charge >= 0.3 is 0 Å². The van der Waals surface area contributed by atoms with Crippen LogP contribution < -0.4 is 10.0 Å². The molecule has 0 unspecified atom stereocenters. The molecule has 6 nitrogen and oxygen atoms in total. The largest absolute Gasteiger partial charge is 0.335 e. The third-order valence-corrected chi connectivity index (χ3v) is 3.83. The number of hydrogen-bond donors (Lipinski definition) is 3. The van der Waals surface area contributed by atoms with Crippen LogP contribution in [0.5, 0.6) is 0 Å². The Hall–Kier alpha value is -0.630. The molecule has 1 aliphatic rings. The van der Waals surface area contributed by atoms with Crippen LogP contribution in [0.2, 0.25) is 0 Å². The smallest absolute Gasteiger partial charge is 0.257 e. The van der Waals surface area contributed by atoms with Crippen LogP contribution >= 0.6 is 12.4 Å². The molecule has 8 heteroatoms. The lowest BCUT2D eigenvalue weighted by Gasteiger charge is -2.23. The molecular formula is C8H15ClN4O2S. The molecule has 2 rings (SSSR count). The molecule has 92 valence electrons. The van der Waals surface area contributed by atoms with Gasteiger partial charge in [0.05, 0.1) is 12.5 Å². The Kier molecular flexibility index (Phi) is 4.72. The summed E-state index contributed by atoms with van der Waals surface area (Å²) < 4.78 is 26.1. The molecule has 0 aromatic carbocycles. The molecule has 1 fully saturated rings. The predicted octanol–water partition coefficient (Wildman–Crippen LogP) is -0.138. The molecule has 0 spiro atoms. The van der Waals surface area contributed by atoms with E-state index < -0.39 is 10.0 Å². The lowest BCUT2D eigenvalue weighted by Crippen LogP contribution is -2.45. The Morgan fingerprint density at radius 1 is 1.50 bits per heavy atom. The first-order valence-electron chi connectivity index (χ1n) is 4.90. The third kappa shape index (κ3) is 3.18. The van der Waals surface area contributed by atoms with Crippen molar-refractivity contribution in [3.63, 3.8) is 0 Å². The van der Waals surface area contributed by atoms with Gasteiger partial charge in [-0.15, -0.1) is 12.4 Å². The number of aromatic amines is 1. The fourth-order valence-corrected chi connectivity index (χ4v) is 2.80. The highest BCUT2D eigenvalue weighted by atomic mass is 35.5. The van der Waals surface area contributed by atoms with Crippen LogP contribution in [0.15, 0.2) is 17.6 Å². The van der Waals surface area contributed by atoms with Gasteiger partial charge in [0.1, 0.15) is 0 Å². The highest BCUT2D eigenvalue weighted by Gasteiger charge is 2.22. The molecule has 1 aromatic heterocycles. The number of halogens is 1. The molecule has 1 atom stereocenters. The Morgan fingerprint density at radius 3 is 2.88 bits per heavy atom. The van der Waals surface area contributed by atoms with Crippen molar-refractivity contribution in [1.82, 2.24) is 20.0 Å². The molecule has 1 aromatic rings. The molecule has 0 aliphatic carbocycles. The molecule has 1 aliphatic heterocycles. The van der Waals surface area contributed by atoms with Crippen molar-refractivity contribution in [2.75, 3.05) is 13.1 Å². The highest BCUT2D eigenvalue weighted by molar-refractivity contribution is 7.89. The van der Waals surface area contributed by atoms with Crippen LogP contribution in [0.25, 0.3) is 0 Å². The van der Waals surface area contributed by atoms with Gasteiger partial charge in [0, 0.05) is 12.6 Å². The summed E-state index contributed by atoms with van der Waals surface area (Å²) in [6.45, 7) is 1.65. The van der Waals surface area contributed by atoms with E-state index in [1.165, 1.54) is 12.5 Å². The summed E-state index contributed by atoms with van der Waals surface area (Å²) in [6, 6.07) is -0.0213. The molecule has 3 N–H and O–H groups in total. The van der Waals surface area contributed by atoms with Crippen molar-refractivity contribution in [2.24, 2.45) is 0 Å². The number of rotatable bonds is 3. The first kappa shape index (κ1) is 13.4. The Balaban J connectivity index is 0.00000128. The van der Waals surface area contributed by atoms with Crippen molar-refractivity contribution in [3.8, 4) is 0 Å². The monoisotopic (exact) mass is 266 g/mol. The van der Waals surface area contributed by atoms with Crippen LogP contribution in [-0.2, 0) is 10.0 Å². The average Bonchev–Trinajstić information content (AvgIpc) is 2.71. The van der Waals surface area contributed by atoms with Gasteiger partial charge in [-0.05, 0) is 19.4 Å². The van der Waals surface area contributed by atoms with E-state index in [0.29, 0.717) is 6.54 Å². The second-order valence-electron chi connectivity index (χ2n) is 3.58. The summed E-state index contributed by atoms with van der Waals surface area (Å²) >= 11 is 0. The number of nitrogens with zero attached hydrogens (tertiary/aromatic N) is 1. The normalized spacial score (nSPS) is 21.4. The molecule has 2 heterocycles.